The smallest absolute Gasteiger partial charge is 0.0533 e. The molecule has 0 unspecified atom stereocenters. The second-order valence-electron chi connectivity index (χ2n) is 2.12. The minimum absolute atomic E-state index is 1.50. The Labute approximate surface area is 53.3 Å². The zero-order valence-electron chi connectivity index (χ0n) is 5.95. The van der Waals surface area contributed by atoms with Crippen LogP contribution in [0.3, 0.4) is 0 Å². The van der Waals surface area contributed by atoms with E-state index in [4.69, 9.17) is 0 Å². The Morgan fingerprint density at radius 3 is 0.875 bits per heavy atom. The van der Waals surface area contributed by atoms with Crippen LogP contribution >= 0.6 is 0 Å². The van der Waals surface area contributed by atoms with Gasteiger partial charge in [-0.1, -0.05) is 52.4 Å². The molecular weight excluding hydrogens is 96.1 g/mol. The minimum Gasteiger partial charge on any atom is -0.0654 e. The fraction of sp³-hybridized carbons (Fsp3) is 0.875. The lowest BCUT2D eigenvalue weighted by molar-refractivity contribution is 0.504. The van der Waals surface area contributed by atoms with Gasteiger partial charge in [-0.25, -0.2) is 0 Å². The molecule has 1 aliphatic carbocycles. The zero-order chi connectivity index (χ0) is 6.24. The normalized spacial score (nSPS) is 18.8. The van der Waals surface area contributed by atoms with Crippen molar-refractivity contribution in [1.29, 1.82) is 0 Å². The summed E-state index contributed by atoms with van der Waals surface area (Å²) in [6.45, 7) is 5.00. The Balaban J connectivity index is 0.000000222. The van der Waals surface area contributed by atoms with Gasteiger partial charge in [0.25, 0.3) is 0 Å². The Bertz CT molecular complexity index is 15.5. The van der Waals surface area contributed by atoms with Crippen LogP contribution in [0.5, 0.6) is 0 Å². The van der Waals surface area contributed by atoms with Crippen molar-refractivity contribution >= 4 is 0 Å². The molecule has 0 saturated heterocycles. The molecule has 1 aliphatic rings. The summed E-state index contributed by atoms with van der Waals surface area (Å²) in [7, 11) is 0. The molecule has 0 spiro atoms. The molecule has 0 aromatic heterocycles. The molecule has 1 fully saturated rings. The van der Waals surface area contributed by atoms with Gasteiger partial charge in [0, 0.05) is 0 Å². The molecule has 0 bridgehead atoms. The predicted octanol–water partition coefficient (Wildman–Crippen LogP) is 3.18. The number of hydrogen-bond donors (Lipinski definition) is 0. The fourth-order valence-electron chi connectivity index (χ4n) is 1.06. The van der Waals surface area contributed by atoms with E-state index in [-0.39, 0.29) is 0 Å². The lowest BCUT2D eigenvalue weighted by Gasteiger charge is -2.05. The van der Waals surface area contributed by atoms with Crippen LogP contribution in [0.2, 0.25) is 0 Å². The maximum absolute atomic E-state index is 3.25. The molecular formula is C8H17. The molecule has 0 aromatic carbocycles. The van der Waals surface area contributed by atoms with E-state index in [1.165, 1.54) is 38.5 Å². The highest BCUT2D eigenvalue weighted by molar-refractivity contribution is 4.51. The Morgan fingerprint density at radius 2 is 0.750 bits per heavy atom. The Kier molecular flexibility index (Phi) is 7.00. The SMILES string of the molecule is C1CCCCC1.[CH2]C. The van der Waals surface area contributed by atoms with Gasteiger partial charge in [0.1, 0.15) is 0 Å². The zero-order valence-corrected chi connectivity index (χ0v) is 5.95. The van der Waals surface area contributed by atoms with E-state index in [0.717, 1.165) is 0 Å². The highest BCUT2D eigenvalue weighted by Crippen LogP contribution is 2.15. The number of rotatable bonds is 0. The largest absolute Gasteiger partial charge is 0.0654 e. The van der Waals surface area contributed by atoms with Crippen molar-refractivity contribution in [2.24, 2.45) is 0 Å². The molecule has 49 valence electrons. The first-order chi connectivity index (χ1) is 4.00. The predicted molar refractivity (Wildman–Crippen MR) is 38.7 cm³/mol. The van der Waals surface area contributed by atoms with E-state index in [9.17, 15) is 0 Å². The van der Waals surface area contributed by atoms with Crippen molar-refractivity contribution in [3.63, 3.8) is 0 Å². The highest BCUT2D eigenvalue weighted by Gasteiger charge is 1.95. The van der Waals surface area contributed by atoms with E-state index in [1.807, 2.05) is 0 Å². The Morgan fingerprint density at radius 1 is 0.625 bits per heavy atom. The van der Waals surface area contributed by atoms with Gasteiger partial charge >= 0.3 is 0 Å². The van der Waals surface area contributed by atoms with E-state index >= 15 is 0 Å². The summed E-state index contributed by atoms with van der Waals surface area (Å²) >= 11 is 0. The van der Waals surface area contributed by atoms with Crippen molar-refractivity contribution in [3.05, 3.63) is 6.92 Å². The second kappa shape index (κ2) is 7.00. The van der Waals surface area contributed by atoms with Gasteiger partial charge < -0.3 is 0 Å². The monoisotopic (exact) mass is 113 g/mol. The van der Waals surface area contributed by atoms with Crippen LogP contribution in [0, 0.1) is 6.92 Å². The van der Waals surface area contributed by atoms with Gasteiger partial charge in [0.2, 0.25) is 0 Å². The molecule has 1 saturated carbocycles. The molecule has 8 heavy (non-hydrogen) atoms. The molecule has 0 atom stereocenters. The van der Waals surface area contributed by atoms with E-state index in [1.54, 1.807) is 6.92 Å². The van der Waals surface area contributed by atoms with Crippen molar-refractivity contribution in [2.75, 3.05) is 0 Å². The minimum atomic E-state index is 1.50. The molecule has 0 amide bonds. The van der Waals surface area contributed by atoms with Gasteiger partial charge in [-0.2, -0.15) is 0 Å². The summed E-state index contributed by atoms with van der Waals surface area (Å²) in [4.78, 5) is 0. The summed E-state index contributed by atoms with van der Waals surface area (Å²) in [5.74, 6) is 0. The van der Waals surface area contributed by atoms with Crippen LogP contribution in [-0.4, -0.2) is 0 Å². The second-order valence-corrected chi connectivity index (χ2v) is 2.12. The van der Waals surface area contributed by atoms with Crippen molar-refractivity contribution < 1.29 is 0 Å². The van der Waals surface area contributed by atoms with Gasteiger partial charge in [0.15, 0.2) is 0 Å². The first-order valence-corrected chi connectivity index (χ1v) is 3.71. The van der Waals surface area contributed by atoms with Crippen LogP contribution in [0.25, 0.3) is 0 Å². The maximum atomic E-state index is 3.25. The van der Waals surface area contributed by atoms with E-state index in [2.05, 4.69) is 6.92 Å². The topological polar surface area (TPSA) is 0 Å². The van der Waals surface area contributed by atoms with Crippen LogP contribution in [0.4, 0.5) is 0 Å². The average Bonchev–Trinajstić information content (AvgIpc) is 1.96. The van der Waals surface area contributed by atoms with E-state index < -0.39 is 0 Å². The van der Waals surface area contributed by atoms with Gasteiger partial charge in [0.05, 0.1) is 0 Å². The first kappa shape index (κ1) is 8.00. The molecule has 1 rings (SSSR count). The quantitative estimate of drug-likeness (QED) is 0.452. The van der Waals surface area contributed by atoms with Crippen LogP contribution < -0.4 is 0 Å². The summed E-state index contributed by atoms with van der Waals surface area (Å²) < 4.78 is 0. The third-order valence-corrected chi connectivity index (χ3v) is 1.50. The average molecular weight is 113 g/mol. The molecule has 0 nitrogen and oxygen atoms in total. The van der Waals surface area contributed by atoms with Gasteiger partial charge in [-0.15, -0.1) is 0 Å². The highest BCUT2D eigenvalue weighted by atomic mass is 14.0. The lowest BCUT2D eigenvalue weighted by atomic mass is 10.0. The molecule has 0 aliphatic heterocycles. The standard InChI is InChI=1S/C6H12.C2H5/c1-2-4-6-5-3-1;1-2/h1-6H2;1H2,2H3. The molecule has 0 heteroatoms. The van der Waals surface area contributed by atoms with Crippen LogP contribution in [-0.2, 0) is 0 Å². The van der Waals surface area contributed by atoms with Crippen LogP contribution in [0.15, 0.2) is 0 Å². The van der Waals surface area contributed by atoms with Crippen molar-refractivity contribution in [1.82, 2.24) is 0 Å². The lowest BCUT2D eigenvalue weighted by Crippen LogP contribution is -1.85. The molecule has 0 N–H and O–H groups in total. The van der Waals surface area contributed by atoms with Gasteiger partial charge in [-0.05, 0) is 0 Å². The van der Waals surface area contributed by atoms with Crippen LogP contribution in [0.1, 0.15) is 45.4 Å². The maximum Gasteiger partial charge on any atom is -0.0533 e. The summed E-state index contributed by atoms with van der Waals surface area (Å²) in [6, 6.07) is 0. The Hall–Kier alpha value is 0. The summed E-state index contributed by atoms with van der Waals surface area (Å²) in [6.07, 6.45) is 9.00. The number of hydrogen-bond acceptors (Lipinski definition) is 0. The third-order valence-electron chi connectivity index (χ3n) is 1.50. The van der Waals surface area contributed by atoms with Crippen molar-refractivity contribution in [2.45, 2.75) is 45.4 Å². The first-order valence-electron chi connectivity index (χ1n) is 3.71. The third kappa shape index (κ3) is 4.17. The molecule has 0 heterocycles. The summed E-state index contributed by atoms with van der Waals surface area (Å²) in [5, 5.41) is 0. The van der Waals surface area contributed by atoms with Crippen molar-refractivity contribution in [3.8, 4) is 0 Å². The van der Waals surface area contributed by atoms with Gasteiger partial charge in [-0.3, -0.25) is 0 Å². The summed E-state index contributed by atoms with van der Waals surface area (Å²) in [5.41, 5.74) is 0. The molecule has 0 aromatic rings. The van der Waals surface area contributed by atoms with E-state index in [0.29, 0.717) is 0 Å². The fourth-order valence-corrected chi connectivity index (χ4v) is 1.06. The molecule has 1 radical (unpaired) electrons.